The van der Waals surface area contributed by atoms with Crippen LogP contribution in [0, 0.1) is 0 Å². The van der Waals surface area contributed by atoms with E-state index >= 15 is 0 Å². The molecule has 160 valence electrons. The van der Waals surface area contributed by atoms with E-state index in [1.54, 1.807) is 0 Å². The normalized spacial score (nSPS) is 20.6. The molecule has 0 fully saturated rings. The maximum atomic E-state index is 12.5. The second kappa shape index (κ2) is 11.9. The van der Waals surface area contributed by atoms with Gasteiger partial charge in [0.25, 0.3) is 0 Å². The van der Waals surface area contributed by atoms with Gasteiger partial charge < -0.3 is 0 Å². The molecule has 0 heterocycles. The highest BCUT2D eigenvalue weighted by molar-refractivity contribution is 7.70. The summed E-state index contributed by atoms with van der Waals surface area (Å²) in [7, 11) is -15.4. The minimum Gasteiger partial charge on any atom is -0.290 e. The summed E-state index contributed by atoms with van der Waals surface area (Å²) in [6.45, 7) is 6.01. The summed E-state index contributed by atoms with van der Waals surface area (Å²) in [5, 5.41) is 0. The molecule has 0 spiro atoms. The Labute approximate surface area is 157 Å². The molecule has 0 radical (unpaired) electrons. The van der Waals surface area contributed by atoms with E-state index in [0.717, 1.165) is 28.4 Å². The lowest BCUT2D eigenvalue weighted by Gasteiger charge is -2.24. The van der Waals surface area contributed by atoms with Crippen LogP contribution in [0.2, 0.25) is 0 Å². The summed E-state index contributed by atoms with van der Waals surface area (Å²) >= 11 is 0. The van der Waals surface area contributed by atoms with Crippen molar-refractivity contribution < 1.29 is 58.3 Å². The van der Waals surface area contributed by atoms with Gasteiger partial charge in [-0.05, 0) is 0 Å². The second-order valence-corrected chi connectivity index (χ2v) is 11.4. The van der Waals surface area contributed by atoms with Gasteiger partial charge in [0, 0.05) is 28.4 Å². The number of hydrogen-bond donors (Lipinski definition) is 0. The zero-order valence-corrected chi connectivity index (χ0v) is 18.7. The Morgan fingerprint density at radius 3 is 1.07 bits per heavy atom. The second-order valence-electron chi connectivity index (χ2n) is 3.93. The molecule has 0 aromatic rings. The van der Waals surface area contributed by atoms with Crippen molar-refractivity contribution in [3.8, 4) is 0 Å². The van der Waals surface area contributed by atoms with Gasteiger partial charge in [0.15, 0.2) is 0 Å². The molecule has 0 aliphatic carbocycles. The van der Waals surface area contributed by atoms with E-state index in [1.807, 2.05) is 0 Å². The van der Waals surface area contributed by atoms with E-state index in [9.17, 15) is 18.3 Å². The molecule has 0 rings (SSSR count). The van der Waals surface area contributed by atoms with Gasteiger partial charge >= 0.3 is 31.3 Å². The Balaban J connectivity index is 5.57. The van der Waals surface area contributed by atoms with Gasteiger partial charge in [-0.2, -0.15) is 12.9 Å². The number of rotatable bonds is 16. The predicted molar refractivity (Wildman–Crippen MR) is 94.0 cm³/mol. The van der Waals surface area contributed by atoms with E-state index in [1.165, 1.54) is 12.2 Å². The van der Waals surface area contributed by atoms with Gasteiger partial charge in [0.1, 0.15) is 0 Å². The van der Waals surface area contributed by atoms with Crippen LogP contribution in [0.1, 0.15) is 0 Å². The van der Waals surface area contributed by atoms with Crippen LogP contribution in [-0.4, -0.2) is 41.7 Å². The first-order chi connectivity index (χ1) is 12.5. The van der Waals surface area contributed by atoms with E-state index in [-0.39, 0.29) is 13.2 Å². The lowest BCUT2D eigenvalue weighted by Crippen LogP contribution is -2.04. The summed E-state index contributed by atoms with van der Waals surface area (Å²) in [6.07, 6.45) is 2.39. The summed E-state index contributed by atoms with van der Waals surface area (Å²) < 4.78 is 90.8. The van der Waals surface area contributed by atoms with Crippen molar-refractivity contribution in [3.05, 3.63) is 25.3 Å². The van der Waals surface area contributed by atoms with Gasteiger partial charge in [-0.1, -0.05) is 12.2 Å². The Kier molecular flexibility index (Phi) is 11.9. The smallest absolute Gasteiger partial charge is 0.290 e. The standard InChI is InChI=1S/C10H22O13P4/c1-7-9-19-24(11,15-3)21-26(13,17-5)23-27(14,18-6)22-25(12,16-4)20-10-8-2/h7-8H,1-2,9-10H2,3-6H3. The van der Waals surface area contributed by atoms with Crippen LogP contribution < -0.4 is 0 Å². The highest BCUT2D eigenvalue weighted by Crippen LogP contribution is 2.76. The van der Waals surface area contributed by atoms with Gasteiger partial charge in [-0.15, -0.1) is 13.2 Å². The zero-order valence-electron chi connectivity index (χ0n) is 15.1. The summed E-state index contributed by atoms with van der Waals surface area (Å²) in [6, 6.07) is 0. The molecular weight excluding hydrogens is 452 g/mol. The molecule has 0 saturated heterocycles. The molecule has 4 atom stereocenters. The summed E-state index contributed by atoms with van der Waals surface area (Å²) in [5.41, 5.74) is 0. The minimum atomic E-state index is -4.95. The number of phosphoric acid groups is 4. The fourth-order valence-corrected chi connectivity index (χ4v) is 7.52. The van der Waals surface area contributed by atoms with Crippen molar-refractivity contribution in [2.75, 3.05) is 41.7 Å². The van der Waals surface area contributed by atoms with Crippen LogP contribution in [-0.2, 0) is 58.3 Å². The van der Waals surface area contributed by atoms with Crippen molar-refractivity contribution in [1.82, 2.24) is 0 Å². The van der Waals surface area contributed by atoms with E-state index in [0.29, 0.717) is 0 Å². The third kappa shape index (κ3) is 9.39. The molecule has 0 amide bonds. The Hall–Kier alpha value is 0.0400. The molecule has 0 aromatic carbocycles. The fourth-order valence-electron chi connectivity index (χ4n) is 1.04. The first-order valence-electron chi connectivity index (χ1n) is 6.76. The molecule has 0 aromatic heterocycles. The fraction of sp³-hybridized carbons (Fsp3) is 0.600. The average Bonchev–Trinajstić information content (AvgIpc) is 2.64. The van der Waals surface area contributed by atoms with E-state index < -0.39 is 31.3 Å². The molecule has 0 aliphatic rings. The number of phosphoric ester groups is 2. The maximum absolute atomic E-state index is 12.5. The van der Waals surface area contributed by atoms with Gasteiger partial charge in [-0.3, -0.25) is 27.1 Å². The molecule has 0 bridgehead atoms. The van der Waals surface area contributed by atoms with Crippen LogP contribution in [0.3, 0.4) is 0 Å². The van der Waals surface area contributed by atoms with Crippen LogP contribution in [0.15, 0.2) is 25.3 Å². The zero-order chi connectivity index (χ0) is 21.2. The highest BCUT2D eigenvalue weighted by Gasteiger charge is 2.49. The summed E-state index contributed by atoms with van der Waals surface area (Å²) in [5.74, 6) is 0. The Bertz CT molecular complexity index is 620. The molecule has 0 saturated carbocycles. The maximum Gasteiger partial charge on any atom is 0.492 e. The monoisotopic (exact) mass is 474 g/mol. The lowest BCUT2D eigenvalue weighted by molar-refractivity contribution is 0.139. The summed E-state index contributed by atoms with van der Waals surface area (Å²) in [4.78, 5) is 0. The number of hydrogen-bond acceptors (Lipinski definition) is 13. The van der Waals surface area contributed by atoms with Crippen molar-refractivity contribution in [3.63, 3.8) is 0 Å². The molecule has 27 heavy (non-hydrogen) atoms. The third-order valence-electron chi connectivity index (χ3n) is 2.20. The van der Waals surface area contributed by atoms with Crippen molar-refractivity contribution in [2.45, 2.75) is 0 Å². The molecule has 4 unspecified atom stereocenters. The topological polar surface area (TPSA) is 151 Å². The highest BCUT2D eigenvalue weighted by atomic mass is 31.3. The molecule has 0 N–H and O–H groups in total. The van der Waals surface area contributed by atoms with Crippen molar-refractivity contribution >= 4 is 31.3 Å². The van der Waals surface area contributed by atoms with Crippen LogP contribution >= 0.6 is 31.3 Å². The SMILES string of the molecule is C=CCOP(=O)(OC)OP(=O)(OC)OP(=O)(OC)OP(=O)(OC)OCC=C. The van der Waals surface area contributed by atoms with E-state index in [2.05, 4.69) is 44.2 Å². The molecule has 17 heteroatoms. The largest absolute Gasteiger partial charge is 0.492 e. The first kappa shape index (κ1) is 27.0. The van der Waals surface area contributed by atoms with Crippen LogP contribution in [0.4, 0.5) is 0 Å². The minimum absolute atomic E-state index is 0.318. The third-order valence-corrected chi connectivity index (χ3v) is 9.71. The van der Waals surface area contributed by atoms with Gasteiger partial charge in [0.2, 0.25) is 0 Å². The van der Waals surface area contributed by atoms with Crippen molar-refractivity contribution in [2.24, 2.45) is 0 Å². The van der Waals surface area contributed by atoms with Gasteiger partial charge in [0.05, 0.1) is 13.2 Å². The molecule has 13 nitrogen and oxygen atoms in total. The van der Waals surface area contributed by atoms with Crippen LogP contribution in [0.25, 0.3) is 0 Å². The molecule has 0 aliphatic heterocycles. The van der Waals surface area contributed by atoms with Crippen LogP contribution in [0.5, 0.6) is 0 Å². The quantitative estimate of drug-likeness (QED) is 0.229. The molecular formula is C10H22O13P4. The lowest BCUT2D eigenvalue weighted by atomic mass is 10.7. The van der Waals surface area contributed by atoms with E-state index in [4.69, 9.17) is 9.05 Å². The Morgan fingerprint density at radius 1 is 0.593 bits per heavy atom. The average molecular weight is 474 g/mol. The Morgan fingerprint density at radius 2 is 0.852 bits per heavy atom. The predicted octanol–water partition coefficient (Wildman–Crippen LogP) is 4.46. The van der Waals surface area contributed by atoms with Gasteiger partial charge in [-0.25, -0.2) is 18.3 Å². The first-order valence-corrected chi connectivity index (χ1v) is 12.6. The van der Waals surface area contributed by atoms with Crippen molar-refractivity contribution in [1.29, 1.82) is 0 Å².